The summed E-state index contributed by atoms with van der Waals surface area (Å²) in [5.74, 6) is -3.72. The van der Waals surface area contributed by atoms with Gasteiger partial charge in [0.05, 0.1) is 16.6 Å². The normalized spacial score (nSPS) is 29.6. The lowest BCUT2D eigenvalue weighted by atomic mass is 9.92. The van der Waals surface area contributed by atoms with E-state index in [2.05, 4.69) is 20.7 Å². The summed E-state index contributed by atoms with van der Waals surface area (Å²) in [5.41, 5.74) is -0.680. The second-order valence-electron chi connectivity index (χ2n) is 13.2. The molecule has 3 aliphatic carbocycles. The van der Waals surface area contributed by atoms with E-state index in [1.807, 2.05) is 0 Å². The summed E-state index contributed by atoms with van der Waals surface area (Å²) in [6.07, 6.45) is 3.92. The summed E-state index contributed by atoms with van der Waals surface area (Å²) in [6.45, 7) is 2.13. The van der Waals surface area contributed by atoms with Crippen LogP contribution in [0.5, 0.6) is 0 Å². The van der Waals surface area contributed by atoms with Crippen LogP contribution in [0.4, 0.5) is 10.5 Å². The largest absolute Gasteiger partial charge is 0.446 e. The molecule has 4 N–H and O–H groups in total. The van der Waals surface area contributed by atoms with Gasteiger partial charge < -0.3 is 20.3 Å². The molecule has 4 fully saturated rings. The number of carbonyl (C=O) groups is 5. The number of hydrogen-bond donors (Lipinski definition) is 4. The van der Waals surface area contributed by atoms with Crippen LogP contribution in [0.3, 0.4) is 0 Å². The second-order valence-corrected chi connectivity index (χ2v) is 15.4. The number of anilines is 1. The van der Waals surface area contributed by atoms with Gasteiger partial charge in [0.1, 0.15) is 11.6 Å². The first kappa shape index (κ1) is 32.7. The number of amides is 5. The zero-order chi connectivity index (χ0) is 32.6. The zero-order valence-electron chi connectivity index (χ0n) is 26.0. The molecule has 3 saturated carbocycles. The Bertz CT molecular complexity index is 1480. The van der Waals surface area contributed by atoms with E-state index in [0.29, 0.717) is 43.5 Å². The lowest BCUT2D eigenvalue weighted by Gasteiger charge is -2.27. The van der Waals surface area contributed by atoms with E-state index in [0.717, 1.165) is 25.7 Å². The highest BCUT2D eigenvalue weighted by Crippen LogP contribution is 2.49. The van der Waals surface area contributed by atoms with Gasteiger partial charge in [-0.2, -0.15) is 0 Å². The van der Waals surface area contributed by atoms with Gasteiger partial charge in [-0.05, 0) is 76.0 Å². The minimum atomic E-state index is -3.91. The van der Waals surface area contributed by atoms with E-state index < -0.39 is 56.2 Å². The van der Waals surface area contributed by atoms with Gasteiger partial charge in [-0.1, -0.05) is 25.3 Å². The van der Waals surface area contributed by atoms with Crippen LogP contribution in [0.25, 0.3) is 0 Å². The standard InChI is InChI=1S/C31H43N5O8S/c1-30(12-13-30)45(42,43)35-28(40)31-18-20(31)10-6-4-5-7-14-36(3)27(39)24-17-22(16-23(24)26(38)34-31)44-29(41)33-21-11-8-9-19(15-21)25(37)32-2/h8-9,11,15,20,22-24H,4-7,10,12-14,16-18H2,1-3H3,(H,32,37)(H,33,41)(H,34,38)(H,35,40)/t20-,22-,23-,24-,31-/m1/s1. The number of nitrogens with one attached hydrogen (secondary N) is 4. The molecule has 0 radical (unpaired) electrons. The Morgan fingerprint density at radius 3 is 2.47 bits per heavy atom. The molecule has 45 heavy (non-hydrogen) atoms. The fourth-order valence-electron chi connectivity index (χ4n) is 6.58. The molecule has 5 rings (SSSR count). The van der Waals surface area contributed by atoms with Crippen LogP contribution in [0.1, 0.15) is 81.5 Å². The predicted molar refractivity (Wildman–Crippen MR) is 164 cm³/mol. The summed E-state index contributed by atoms with van der Waals surface area (Å²) in [4.78, 5) is 67.4. The fraction of sp³-hybridized carbons (Fsp3) is 0.645. The smallest absolute Gasteiger partial charge is 0.411 e. The Kier molecular flexibility index (Phi) is 9.16. The lowest BCUT2D eigenvalue weighted by Crippen LogP contribution is -2.55. The Morgan fingerprint density at radius 1 is 1.04 bits per heavy atom. The van der Waals surface area contributed by atoms with Crippen LogP contribution in [0.2, 0.25) is 0 Å². The molecule has 0 unspecified atom stereocenters. The van der Waals surface area contributed by atoms with E-state index >= 15 is 0 Å². The molecular formula is C31H43N5O8S. The fourth-order valence-corrected chi connectivity index (χ4v) is 7.89. The average Bonchev–Trinajstić information content (AvgIpc) is 3.88. The van der Waals surface area contributed by atoms with Crippen molar-refractivity contribution < 1.29 is 37.1 Å². The van der Waals surface area contributed by atoms with Crippen LogP contribution in [-0.2, 0) is 29.1 Å². The van der Waals surface area contributed by atoms with E-state index in [1.165, 1.54) is 13.1 Å². The Labute approximate surface area is 263 Å². The summed E-state index contributed by atoms with van der Waals surface area (Å²) < 4.78 is 32.7. The Hall–Kier alpha value is -3.68. The number of ether oxygens (including phenoxy) is 1. The van der Waals surface area contributed by atoms with Gasteiger partial charge in [0.25, 0.3) is 11.8 Å². The SMILES string of the molecule is CNC(=O)c1cccc(NC(=O)O[C@@H]2C[C@H]3C(=O)N[C@]4(C(=O)NS(=O)(=O)C5(C)CC5)C[C@H]4CCCCCCN(C)C(=O)[C@@H]3C2)c1. The van der Waals surface area contributed by atoms with Crippen molar-refractivity contribution in [2.45, 2.75) is 87.5 Å². The molecule has 0 aromatic heterocycles. The average molecular weight is 646 g/mol. The number of benzene rings is 1. The number of rotatable bonds is 6. The lowest BCUT2D eigenvalue weighted by molar-refractivity contribution is -0.140. The summed E-state index contributed by atoms with van der Waals surface area (Å²) in [7, 11) is -0.721. The van der Waals surface area contributed by atoms with Gasteiger partial charge in [-0.15, -0.1) is 0 Å². The van der Waals surface area contributed by atoms with Gasteiger partial charge >= 0.3 is 6.09 Å². The summed E-state index contributed by atoms with van der Waals surface area (Å²) in [5, 5.41) is 8.00. The number of sulfonamides is 1. The molecule has 246 valence electrons. The molecule has 1 aromatic carbocycles. The highest BCUT2D eigenvalue weighted by Gasteiger charge is 2.63. The Balaban J connectivity index is 1.32. The quantitative estimate of drug-likeness (QED) is 0.364. The van der Waals surface area contributed by atoms with Gasteiger partial charge in [0.15, 0.2) is 0 Å². The molecule has 13 nitrogen and oxygen atoms in total. The molecule has 5 atom stereocenters. The maximum Gasteiger partial charge on any atom is 0.411 e. The third-order valence-corrected chi connectivity index (χ3v) is 12.1. The van der Waals surface area contributed by atoms with E-state index in [4.69, 9.17) is 4.74 Å². The molecule has 5 amide bonds. The van der Waals surface area contributed by atoms with Crippen LogP contribution >= 0.6 is 0 Å². The van der Waals surface area contributed by atoms with Gasteiger partial charge in [0, 0.05) is 31.9 Å². The molecular weight excluding hydrogens is 602 g/mol. The molecule has 1 aliphatic heterocycles. The first-order chi connectivity index (χ1) is 21.3. The van der Waals surface area contributed by atoms with Crippen molar-refractivity contribution >= 4 is 45.4 Å². The van der Waals surface area contributed by atoms with E-state index in [-0.39, 0.29) is 30.6 Å². The maximum absolute atomic E-state index is 13.9. The predicted octanol–water partition coefficient (Wildman–Crippen LogP) is 2.29. The minimum Gasteiger partial charge on any atom is -0.446 e. The second kappa shape index (κ2) is 12.6. The number of carbonyl (C=O) groups excluding carboxylic acids is 5. The van der Waals surface area contributed by atoms with Crippen molar-refractivity contribution in [1.82, 2.24) is 20.3 Å². The molecule has 1 heterocycles. The van der Waals surface area contributed by atoms with Crippen LogP contribution < -0.4 is 20.7 Å². The van der Waals surface area contributed by atoms with Crippen LogP contribution in [-0.4, -0.2) is 80.1 Å². The molecule has 0 spiro atoms. The van der Waals surface area contributed by atoms with Crippen molar-refractivity contribution in [2.75, 3.05) is 26.0 Å². The van der Waals surface area contributed by atoms with Crippen molar-refractivity contribution in [3.05, 3.63) is 29.8 Å². The van der Waals surface area contributed by atoms with Gasteiger partial charge in [0.2, 0.25) is 21.8 Å². The number of fused-ring (bicyclic) bond motifs is 2. The zero-order valence-corrected chi connectivity index (χ0v) is 26.8. The van der Waals surface area contributed by atoms with Crippen molar-refractivity contribution in [1.29, 1.82) is 0 Å². The van der Waals surface area contributed by atoms with Crippen molar-refractivity contribution in [2.24, 2.45) is 17.8 Å². The Morgan fingerprint density at radius 2 is 1.76 bits per heavy atom. The first-order valence-corrected chi connectivity index (χ1v) is 17.2. The molecule has 14 heteroatoms. The van der Waals surface area contributed by atoms with Gasteiger partial charge in [-0.25, -0.2) is 13.2 Å². The van der Waals surface area contributed by atoms with Crippen molar-refractivity contribution in [3.8, 4) is 0 Å². The van der Waals surface area contributed by atoms with Crippen molar-refractivity contribution in [3.63, 3.8) is 0 Å². The summed E-state index contributed by atoms with van der Waals surface area (Å²) >= 11 is 0. The minimum absolute atomic E-state index is 0.0561. The molecule has 1 aromatic rings. The third-order valence-electron chi connectivity index (χ3n) is 9.90. The van der Waals surface area contributed by atoms with Crippen LogP contribution in [0, 0.1) is 17.8 Å². The number of hydrogen-bond acceptors (Lipinski definition) is 8. The van der Waals surface area contributed by atoms with E-state index in [1.54, 1.807) is 37.1 Å². The number of nitrogens with zero attached hydrogens (tertiary/aromatic N) is 1. The maximum atomic E-state index is 13.9. The highest BCUT2D eigenvalue weighted by atomic mass is 32.2. The van der Waals surface area contributed by atoms with Gasteiger partial charge in [-0.3, -0.25) is 29.2 Å². The third kappa shape index (κ3) is 6.95. The monoisotopic (exact) mass is 645 g/mol. The highest BCUT2D eigenvalue weighted by molar-refractivity contribution is 7.91. The summed E-state index contributed by atoms with van der Waals surface area (Å²) in [6, 6.07) is 6.32. The molecule has 0 bridgehead atoms. The molecule has 1 saturated heterocycles. The van der Waals surface area contributed by atoms with E-state index in [9.17, 15) is 32.4 Å². The topological polar surface area (TPSA) is 180 Å². The molecule has 4 aliphatic rings. The first-order valence-electron chi connectivity index (χ1n) is 15.7. The van der Waals surface area contributed by atoms with Crippen LogP contribution in [0.15, 0.2) is 24.3 Å².